The van der Waals surface area contributed by atoms with Gasteiger partial charge in [-0.2, -0.15) is 5.26 Å². The van der Waals surface area contributed by atoms with Gasteiger partial charge in [0.25, 0.3) is 0 Å². The predicted molar refractivity (Wildman–Crippen MR) is 64.8 cm³/mol. The van der Waals surface area contributed by atoms with E-state index in [1.807, 2.05) is 31.4 Å². The van der Waals surface area contributed by atoms with Gasteiger partial charge in [0.2, 0.25) is 5.91 Å². The Balaban J connectivity index is 2.67. The van der Waals surface area contributed by atoms with E-state index in [1.54, 1.807) is 16.2 Å². The van der Waals surface area contributed by atoms with E-state index < -0.39 is 5.92 Å². The van der Waals surface area contributed by atoms with Crippen molar-refractivity contribution in [2.45, 2.75) is 26.8 Å². The molecule has 1 atom stereocenters. The van der Waals surface area contributed by atoms with Crippen LogP contribution < -0.4 is 0 Å². The molecule has 1 amide bonds. The highest BCUT2D eigenvalue weighted by Gasteiger charge is 2.21. The summed E-state index contributed by atoms with van der Waals surface area (Å²) in [5, 5.41) is 10.9. The lowest BCUT2D eigenvalue weighted by atomic mass is 10.1. The smallest absolute Gasteiger partial charge is 0.240 e. The SMILES string of the molecule is CCC(C#N)C(=O)N(CC)Cc1cccs1. The minimum absolute atomic E-state index is 0.0547. The number of carbonyl (C=O) groups excluding carboxylic acids is 1. The number of thiophene rings is 1. The van der Waals surface area contributed by atoms with E-state index in [0.717, 1.165) is 4.88 Å². The van der Waals surface area contributed by atoms with Gasteiger partial charge in [0.1, 0.15) is 5.92 Å². The first-order valence-electron chi connectivity index (χ1n) is 5.43. The Morgan fingerprint density at radius 3 is 2.81 bits per heavy atom. The summed E-state index contributed by atoms with van der Waals surface area (Å²) in [6, 6.07) is 6.04. The van der Waals surface area contributed by atoms with Crippen molar-refractivity contribution in [3.63, 3.8) is 0 Å². The van der Waals surface area contributed by atoms with Crippen LogP contribution >= 0.6 is 11.3 Å². The molecule has 0 aliphatic carbocycles. The van der Waals surface area contributed by atoms with Gasteiger partial charge in [-0.05, 0) is 24.8 Å². The third-order valence-electron chi connectivity index (χ3n) is 2.48. The molecule has 0 bridgehead atoms. The molecule has 0 aromatic carbocycles. The first-order chi connectivity index (χ1) is 7.72. The van der Waals surface area contributed by atoms with Crippen molar-refractivity contribution in [1.82, 2.24) is 4.90 Å². The van der Waals surface area contributed by atoms with Crippen LogP contribution in [0.1, 0.15) is 25.1 Å². The van der Waals surface area contributed by atoms with Crippen LogP contribution in [0.2, 0.25) is 0 Å². The van der Waals surface area contributed by atoms with Crippen molar-refractivity contribution >= 4 is 17.2 Å². The second kappa shape index (κ2) is 6.29. The molecule has 16 heavy (non-hydrogen) atoms. The second-order valence-electron chi connectivity index (χ2n) is 3.52. The zero-order valence-electron chi connectivity index (χ0n) is 9.64. The summed E-state index contributed by atoms with van der Waals surface area (Å²) in [4.78, 5) is 14.9. The van der Waals surface area contributed by atoms with Crippen LogP contribution in [0.5, 0.6) is 0 Å². The zero-order valence-corrected chi connectivity index (χ0v) is 10.5. The monoisotopic (exact) mass is 236 g/mol. The van der Waals surface area contributed by atoms with Crippen LogP contribution in [0.3, 0.4) is 0 Å². The van der Waals surface area contributed by atoms with Crippen molar-refractivity contribution in [2.75, 3.05) is 6.54 Å². The number of hydrogen-bond donors (Lipinski definition) is 0. The van der Waals surface area contributed by atoms with E-state index in [-0.39, 0.29) is 5.91 Å². The van der Waals surface area contributed by atoms with E-state index in [0.29, 0.717) is 19.5 Å². The van der Waals surface area contributed by atoms with Crippen LogP contribution in [0, 0.1) is 17.2 Å². The van der Waals surface area contributed by atoms with Gasteiger partial charge in [0.15, 0.2) is 0 Å². The summed E-state index contributed by atoms with van der Waals surface area (Å²) in [5.74, 6) is -0.555. The largest absolute Gasteiger partial charge is 0.337 e. The summed E-state index contributed by atoms with van der Waals surface area (Å²) in [7, 11) is 0. The number of carbonyl (C=O) groups is 1. The standard InChI is InChI=1S/C12H16N2OS/c1-3-10(8-13)12(15)14(4-2)9-11-6-5-7-16-11/h5-7,10H,3-4,9H2,1-2H3. The van der Waals surface area contributed by atoms with Gasteiger partial charge in [-0.25, -0.2) is 0 Å². The van der Waals surface area contributed by atoms with Crippen molar-refractivity contribution in [1.29, 1.82) is 5.26 Å². The molecule has 1 heterocycles. The normalized spacial score (nSPS) is 11.8. The topological polar surface area (TPSA) is 44.1 Å². The van der Waals surface area contributed by atoms with E-state index in [2.05, 4.69) is 6.07 Å². The summed E-state index contributed by atoms with van der Waals surface area (Å²) < 4.78 is 0. The van der Waals surface area contributed by atoms with Crippen LogP contribution in [0.15, 0.2) is 17.5 Å². The minimum atomic E-state index is -0.500. The first-order valence-corrected chi connectivity index (χ1v) is 6.31. The molecule has 0 aliphatic rings. The van der Waals surface area contributed by atoms with Crippen molar-refractivity contribution in [3.8, 4) is 6.07 Å². The lowest BCUT2D eigenvalue weighted by Crippen LogP contribution is -2.34. The number of rotatable bonds is 5. The van der Waals surface area contributed by atoms with E-state index in [9.17, 15) is 4.79 Å². The lowest BCUT2D eigenvalue weighted by molar-refractivity contribution is -0.134. The van der Waals surface area contributed by atoms with Crippen LogP contribution in [-0.4, -0.2) is 17.4 Å². The summed E-state index contributed by atoms with van der Waals surface area (Å²) in [6.07, 6.45) is 0.580. The molecule has 0 fully saturated rings. The van der Waals surface area contributed by atoms with Crippen molar-refractivity contribution in [3.05, 3.63) is 22.4 Å². The molecule has 0 spiro atoms. The second-order valence-corrected chi connectivity index (χ2v) is 4.55. The summed E-state index contributed by atoms with van der Waals surface area (Å²) in [6.45, 7) is 5.07. The Morgan fingerprint density at radius 1 is 1.62 bits per heavy atom. The highest BCUT2D eigenvalue weighted by atomic mass is 32.1. The van der Waals surface area contributed by atoms with Gasteiger partial charge in [-0.15, -0.1) is 11.3 Å². The van der Waals surface area contributed by atoms with Crippen molar-refractivity contribution in [2.24, 2.45) is 5.92 Å². The molecule has 1 aromatic rings. The Kier molecular flexibility index (Phi) is 5.00. The maximum Gasteiger partial charge on any atom is 0.240 e. The third-order valence-corrected chi connectivity index (χ3v) is 3.34. The highest BCUT2D eigenvalue weighted by Crippen LogP contribution is 2.14. The number of nitrogens with zero attached hydrogens (tertiary/aromatic N) is 2. The molecule has 4 heteroatoms. The molecule has 0 radical (unpaired) electrons. The molecule has 0 saturated heterocycles. The predicted octanol–water partition coefficient (Wildman–Crippen LogP) is 2.65. The average molecular weight is 236 g/mol. The Hall–Kier alpha value is -1.34. The van der Waals surface area contributed by atoms with Crippen molar-refractivity contribution < 1.29 is 4.79 Å². The number of nitriles is 1. The number of amides is 1. The Bertz CT molecular complexity index is 367. The highest BCUT2D eigenvalue weighted by molar-refractivity contribution is 7.09. The summed E-state index contributed by atoms with van der Waals surface area (Å²) in [5.41, 5.74) is 0. The maximum atomic E-state index is 12.0. The van der Waals surface area contributed by atoms with Gasteiger partial charge in [0, 0.05) is 11.4 Å². The van der Waals surface area contributed by atoms with Gasteiger partial charge < -0.3 is 4.90 Å². The molecule has 86 valence electrons. The number of hydrogen-bond acceptors (Lipinski definition) is 3. The molecule has 0 N–H and O–H groups in total. The minimum Gasteiger partial charge on any atom is -0.337 e. The lowest BCUT2D eigenvalue weighted by Gasteiger charge is -2.22. The zero-order chi connectivity index (χ0) is 12.0. The van der Waals surface area contributed by atoms with Crippen LogP contribution in [0.25, 0.3) is 0 Å². The molecular formula is C12H16N2OS. The van der Waals surface area contributed by atoms with E-state index in [1.165, 1.54) is 0 Å². The fourth-order valence-electron chi connectivity index (χ4n) is 1.48. The molecule has 1 unspecified atom stereocenters. The third kappa shape index (κ3) is 3.07. The summed E-state index contributed by atoms with van der Waals surface area (Å²) >= 11 is 1.63. The molecule has 1 rings (SSSR count). The Labute approximate surface area is 100 Å². The van der Waals surface area contributed by atoms with Gasteiger partial charge in [-0.3, -0.25) is 4.79 Å². The maximum absolute atomic E-state index is 12.0. The average Bonchev–Trinajstić information content (AvgIpc) is 2.80. The molecule has 0 saturated carbocycles. The fourth-order valence-corrected chi connectivity index (χ4v) is 2.20. The van der Waals surface area contributed by atoms with Gasteiger partial charge >= 0.3 is 0 Å². The quantitative estimate of drug-likeness (QED) is 0.789. The van der Waals surface area contributed by atoms with Gasteiger partial charge in [-0.1, -0.05) is 13.0 Å². The van der Waals surface area contributed by atoms with E-state index in [4.69, 9.17) is 5.26 Å². The fraction of sp³-hybridized carbons (Fsp3) is 0.500. The van der Waals surface area contributed by atoms with Crippen LogP contribution in [0.4, 0.5) is 0 Å². The molecule has 3 nitrogen and oxygen atoms in total. The molecule has 0 aliphatic heterocycles. The van der Waals surface area contributed by atoms with Crippen LogP contribution in [-0.2, 0) is 11.3 Å². The van der Waals surface area contributed by atoms with E-state index >= 15 is 0 Å². The molecule has 1 aromatic heterocycles. The van der Waals surface area contributed by atoms with Gasteiger partial charge in [0.05, 0.1) is 12.6 Å². The molecular weight excluding hydrogens is 220 g/mol. The Morgan fingerprint density at radius 2 is 2.38 bits per heavy atom. The first kappa shape index (κ1) is 12.7.